The number of nitrogens with two attached hydrogens (primary N) is 1. The summed E-state index contributed by atoms with van der Waals surface area (Å²) in [5.74, 6) is 1.80. The van der Waals surface area contributed by atoms with Crippen LogP contribution in [-0.2, 0) is 18.0 Å². The van der Waals surface area contributed by atoms with Crippen LogP contribution in [0, 0.1) is 10.8 Å². The smallest absolute Gasteiger partial charge is 0.149 e. The molecule has 2 heterocycles. The van der Waals surface area contributed by atoms with Gasteiger partial charge in [-0.05, 0) is 55.2 Å². The molecule has 0 atom stereocenters. The molecule has 0 aliphatic carbocycles. The zero-order valence-corrected chi connectivity index (χ0v) is 16.8. The molecule has 7 heteroatoms. The van der Waals surface area contributed by atoms with Crippen LogP contribution in [0.1, 0.15) is 44.7 Å². The average Bonchev–Trinajstić information content (AvgIpc) is 3.14. The highest BCUT2D eigenvalue weighted by Crippen LogP contribution is 2.27. The number of hydrogen-bond donors (Lipinski definition) is 3. The second kappa shape index (κ2) is 8.56. The number of piperidine rings is 1. The highest BCUT2D eigenvalue weighted by Gasteiger charge is 2.24. The Labute approximate surface area is 166 Å². The van der Waals surface area contributed by atoms with Crippen LogP contribution in [0.5, 0.6) is 5.75 Å². The maximum atomic E-state index is 8.50. The summed E-state index contributed by atoms with van der Waals surface area (Å²) >= 11 is 0. The molecule has 0 aromatic heterocycles. The highest BCUT2D eigenvalue weighted by molar-refractivity contribution is 6.09. The van der Waals surface area contributed by atoms with Crippen molar-refractivity contribution >= 4 is 17.5 Å². The van der Waals surface area contributed by atoms with Gasteiger partial charge in [0.2, 0.25) is 0 Å². The van der Waals surface area contributed by atoms with Crippen molar-refractivity contribution < 1.29 is 9.47 Å². The molecule has 0 amide bonds. The van der Waals surface area contributed by atoms with E-state index < -0.39 is 0 Å². The molecule has 4 N–H and O–H groups in total. The van der Waals surface area contributed by atoms with Gasteiger partial charge in [0, 0.05) is 25.9 Å². The van der Waals surface area contributed by atoms with Crippen LogP contribution in [0.2, 0.25) is 0 Å². The quantitative estimate of drug-likeness (QED) is 0.548. The number of benzene rings is 1. The normalized spacial score (nSPS) is 18.5. The first kappa shape index (κ1) is 20.1. The van der Waals surface area contributed by atoms with Crippen LogP contribution in [0.4, 0.5) is 0 Å². The fourth-order valence-electron chi connectivity index (χ4n) is 3.46. The molecular weight excluding hydrogens is 354 g/mol. The molecule has 0 radical (unpaired) electrons. The summed E-state index contributed by atoms with van der Waals surface area (Å²) in [6.07, 6.45) is 1.87. The molecule has 2 aliphatic rings. The van der Waals surface area contributed by atoms with Crippen molar-refractivity contribution in [2.24, 2.45) is 10.7 Å². The first-order valence-electron chi connectivity index (χ1n) is 9.62. The van der Waals surface area contributed by atoms with Gasteiger partial charge in [-0.2, -0.15) is 0 Å². The minimum atomic E-state index is 0.112. The van der Waals surface area contributed by atoms with E-state index in [1.54, 1.807) is 6.92 Å². The Bertz CT molecular complexity index is 831. The largest absolute Gasteiger partial charge is 0.490 e. The number of nitrogens with one attached hydrogen (secondary N) is 2. The Kier molecular flexibility index (Phi) is 6.14. The summed E-state index contributed by atoms with van der Waals surface area (Å²) in [7, 11) is 0. The van der Waals surface area contributed by atoms with Crippen molar-refractivity contribution in [3.05, 3.63) is 40.5 Å². The van der Waals surface area contributed by atoms with Crippen LogP contribution in [0.3, 0.4) is 0 Å². The van der Waals surface area contributed by atoms with E-state index in [9.17, 15) is 0 Å². The van der Waals surface area contributed by atoms with Gasteiger partial charge in [0.05, 0.1) is 19.0 Å². The summed E-state index contributed by atoms with van der Waals surface area (Å²) < 4.78 is 11.6. The van der Waals surface area contributed by atoms with Crippen molar-refractivity contribution in [1.29, 1.82) is 10.8 Å². The Morgan fingerprint density at radius 2 is 1.79 bits per heavy atom. The molecule has 1 aromatic carbocycles. The number of amidine groups is 3. The van der Waals surface area contributed by atoms with Crippen molar-refractivity contribution in [2.45, 2.75) is 52.9 Å². The molecule has 2 aliphatic heterocycles. The number of likely N-dealkylation sites (tertiary alicyclic amines) is 1. The Hall–Kier alpha value is -2.67. The van der Waals surface area contributed by atoms with E-state index in [0.29, 0.717) is 30.5 Å². The molecular formula is C21H29N5O2. The molecule has 0 saturated carbocycles. The SMILES string of the molecule is CC(N)=NC(=N)/C(C)=C(/C)C(=N)N1CCC(Oc2ccc3c(c2)COC3)CC1. The third-order valence-corrected chi connectivity index (χ3v) is 5.31. The molecule has 1 fully saturated rings. The van der Waals surface area contributed by atoms with E-state index in [1.807, 2.05) is 24.8 Å². The van der Waals surface area contributed by atoms with Crippen LogP contribution < -0.4 is 10.5 Å². The standard InChI is InChI=1S/C21H29N5O2/c1-13(20(23)25-15(3)22)14(2)21(24)26-8-6-18(7-9-26)28-19-5-4-16-11-27-12-17(16)10-19/h4-5,10,18,24H,6-9,11-12H2,1-3H3,(H3,22,23,25)/b14-13-,24-21?. The van der Waals surface area contributed by atoms with Crippen LogP contribution in [-0.4, -0.2) is 41.6 Å². The summed E-state index contributed by atoms with van der Waals surface area (Å²) in [4.78, 5) is 6.03. The maximum Gasteiger partial charge on any atom is 0.149 e. The monoisotopic (exact) mass is 383 g/mol. The zero-order chi connectivity index (χ0) is 20.3. The third kappa shape index (κ3) is 4.59. The molecule has 0 bridgehead atoms. The van der Waals surface area contributed by atoms with E-state index in [4.69, 9.17) is 26.0 Å². The van der Waals surface area contributed by atoms with E-state index in [1.165, 1.54) is 11.1 Å². The second-order valence-corrected chi connectivity index (χ2v) is 7.43. The number of ether oxygens (including phenoxy) is 2. The van der Waals surface area contributed by atoms with Gasteiger partial charge in [0.1, 0.15) is 23.5 Å². The second-order valence-electron chi connectivity index (χ2n) is 7.43. The van der Waals surface area contributed by atoms with Gasteiger partial charge in [-0.1, -0.05) is 6.07 Å². The molecule has 0 unspecified atom stereocenters. The molecule has 1 saturated heterocycles. The van der Waals surface area contributed by atoms with E-state index in [0.717, 1.165) is 37.3 Å². The Morgan fingerprint density at radius 1 is 1.11 bits per heavy atom. The lowest BCUT2D eigenvalue weighted by molar-refractivity contribution is 0.129. The summed E-state index contributed by atoms with van der Waals surface area (Å²) in [5, 5.41) is 16.5. The maximum absolute atomic E-state index is 8.50. The van der Waals surface area contributed by atoms with Gasteiger partial charge in [-0.15, -0.1) is 0 Å². The van der Waals surface area contributed by atoms with Gasteiger partial charge in [-0.25, -0.2) is 4.99 Å². The molecule has 0 spiro atoms. The topological polar surface area (TPSA) is 108 Å². The summed E-state index contributed by atoms with van der Waals surface area (Å²) in [6, 6.07) is 6.18. The first-order chi connectivity index (χ1) is 13.3. The van der Waals surface area contributed by atoms with Gasteiger partial charge in [0.25, 0.3) is 0 Å². The van der Waals surface area contributed by atoms with Gasteiger partial charge < -0.3 is 20.1 Å². The third-order valence-electron chi connectivity index (χ3n) is 5.31. The lowest BCUT2D eigenvalue weighted by Crippen LogP contribution is -2.42. The average molecular weight is 383 g/mol. The summed E-state index contributed by atoms with van der Waals surface area (Å²) in [6.45, 7) is 8.20. The number of hydrogen-bond acceptors (Lipinski definition) is 4. The number of nitrogens with zero attached hydrogens (tertiary/aromatic N) is 2. The van der Waals surface area contributed by atoms with E-state index in [-0.39, 0.29) is 11.9 Å². The van der Waals surface area contributed by atoms with Crippen molar-refractivity contribution in [2.75, 3.05) is 13.1 Å². The van der Waals surface area contributed by atoms with Crippen LogP contribution >= 0.6 is 0 Å². The van der Waals surface area contributed by atoms with Crippen molar-refractivity contribution in [3.63, 3.8) is 0 Å². The van der Waals surface area contributed by atoms with Gasteiger partial charge >= 0.3 is 0 Å². The van der Waals surface area contributed by atoms with Crippen LogP contribution in [0.15, 0.2) is 34.3 Å². The minimum absolute atomic E-state index is 0.112. The fraction of sp³-hybridized carbons (Fsp3) is 0.476. The van der Waals surface area contributed by atoms with Crippen LogP contribution in [0.25, 0.3) is 0 Å². The molecule has 7 nitrogen and oxygen atoms in total. The van der Waals surface area contributed by atoms with Gasteiger partial charge in [0.15, 0.2) is 0 Å². The molecule has 1 aromatic rings. The number of rotatable bonds is 4. The number of fused-ring (bicyclic) bond motifs is 1. The lowest BCUT2D eigenvalue weighted by Gasteiger charge is -2.34. The van der Waals surface area contributed by atoms with E-state index >= 15 is 0 Å². The predicted molar refractivity (Wildman–Crippen MR) is 111 cm³/mol. The predicted octanol–water partition coefficient (Wildman–Crippen LogP) is 3.23. The van der Waals surface area contributed by atoms with Crippen molar-refractivity contribution in [1.82, 2.24) is 4.90 Å². The Balaban J connectivity index is 1.56. The van der Waals surface area contributed by atoms with E-state index in [2.05, 4.69) is 17.1 Å². The molecule has 150 valence electrons. The number of aliphatic imine (C=N–C) groups is 1. The zero-order valence-electron chi connectivity index (χ0n) is 16.8. The van der Waals surface area contributed by atoms with Gasteiger partial charge in [-0.3, -0.25) is 10.8 Å². The Morgan fingerprint density at radius 3 is 2.46 bits per heavy atom. The lowest BCUT2D eigenvalue weighted by atomic mass is 10.0. The first-order valence-corrected chi connectivity index (χ1v) is 9.62. The highest BCUT2D eigenvalue weighted by atomic mass is 16.5. The molecule has 3 rings (SSSR count). The van der Waals surface area contributed by atoms with Crippen molar-refractivity contribution in [3.8, 4) is 5.75 Å². The summed E-state index contributed by atoms with van der Waals surface area (Å²) in [5.41, 5.74) is 9.45. The molecule has 28 heavy (non-hydrogen) atoms. The minimum Gasteiger partial charge on any atom is -0.490 e. The fourth-order valence-corrected chi connectivity index (χ4v) is 3.46.